The summed E-state index contributed by atoms with van der Waals surface area (Å²) < 4.78 is 17.8. The first-order chi connectivity index (χ1) is 17.7. The van der Waals surface area contributed by atoms with Crippen molar-refractivity contribution in [1.29, 1.82) is 0 Å². The van der Waals surface area contributed by atoms with Crippen LogP contribution in [0.25, 0.3) is 0 Å². The van der Waals surface area contributed by atoms with Crippen molar-refractivity contribution >= 4 is 39.2 Å². The Balaban J connectivity index is 1.64. The van der Waals surface area contributed by atoms with Crippen molar-refractivity contribution in [3.8, 4) is 5.75 Å². The fourth-order valence-electron chi connectivity index (χ4n) is 3.90. The number of halogens is 1. The number of benzene rings is 3. The number of esters is 1. The highest BCUT2D eigenvalue weighted by molar-refractivity contribution is 9.10. The van der Waals surface area contributed by atoms with Crippen molar-refractivity contribution in [2.75, 3.05) is 36.5 Å². The molecule has 0 aromatic heterocycles. The number of rotatable bonds is 7. The van der Waals surface area contributed by atoms with Crippen molar-refractivity contribution in [1.82, 2.24) is 0 Å². The summed E-state index contributed by atoms with van der Waals surface area (Å²) in [4.78, 5) is 28.7. The van der Waals surface area contributed by atoms with E-state index in [2.05, 4.69) is 26.1 Å². The van der Waals surface area contributed by atoms with E-state index >= 15 is 0 Å². The molecular formula is C29H31BrN2O5. The van der Waals surface area contributed by atoms with Crippen LogP contribution in [0.1, 0.15) is 47.1 Å². The summed E-state index contributed by atoms with van der Waals surface area (Å²) in [5.74, 6) is -0.453. The quantitative estimate of drug-likeness (QED) is 0.349. The lowest BCUT2D eigenvalue weighted by Crippen LogP contribution is -2.36. The number of hydrogen-bond acceptors (Lipinski definition) is 6. The lowest BCUT2D eigenvalue weighted by molar-refractivity contribution is 0.00707. The Hall–Kier alpha value is -3.36. The van der Waals surface area contributed by atoms with Gasteiger partial charge in [0.15, 0.2) is 0 Å². The molecule has 0 spiro atoms. The van der Waals surface area contributed by atoms with Gasteiger partial charge in [-0.2, -0.15) is 0 Å². The van der Waals surface area contributed by atoms with Crippen molar-refractivity contribution in [2.24, 2.45) is 0 Å². The van der Waals surface area contributed by atoms with Gasteiger partial charge in [-0.15, -0.1) is 0 Å². The maximum Gasteiger partial charge on any atom is 0.340 e. The van der Waals surface area contributed by atoms with Crippen LogP contribution >= 0.6 is 15.9 Å². The number of anilines is 2. The monoisotopic (exact) mass is 566 g/mol. The van der Waals surface area contributed by atoms with E-state index in [1.807, 2.05) is 48.5 Å². The zero-order chi connectivity index (χ0) is 26.4. The number of ether oxygens (including phenoxy) is 3. The third-order valence-electron chi connectivity index (χ3n) is 5.67. The van der Waals surface area contributed by atoms with Gasteiger partial charge in [-0.1, -0.05) is 46.3 Å². The van der Waals surface area contributed by atoms with Gasteiger partial charge in [0.05, 0.1) is 30.0 Å². The molecule has 8 heteroatoms. The molecule has 1 saturated heterocycles. The Morgan fingerprint density at radius 2 is 1.70 bits per heavy atom. The molecule has 0 unspecified atom stereocenters. The Morgan fingerprint density at radius 1 is 0.973 bits per heavy atom. The molecule has 0 bridgehead atoms. The maximum atomic E-state index is 13.7. The molecule has 1 heterocycles. The van der Waals surface area contributed by atoms with Crippen LogP contribution < -0.4 is 15.0 Å². The molecule has 0 aliphatic carbocycles. The predicted molar refractivity (Wildman–Crippen MR) is 148 cm³/mol. The summed E-state index contributed by atoms with van der Waals surface area (Å²) >= 11 is 3.44. The van der Waals surface area contributed by atoms with E-state index in [9.17, 15) is 9.59 Å². The number of nitrogens with one attached hydrogen (secondary N) is 1. The molecule has 194 valence electrons. The molecule has 1 amide bonds. The minimum atomic E-state index is -0.670. The minimum Gasteiger partial charge on any atom is -0.488 e. The standard InChI is InChI=1S/C29H31BrN2O5/c1-29(2,3)37-28(34)23-11-9-21(30)17-25(23)31-27(33)24-18-22(32-13-15-35-16-14-32)10-12-26(24)36-19-20-7-5-4-6-8-20/h4-12,17-18H,13-16,19H2,1-3H3,(H,31,33). The number of amides is 1. The van der Waals surface area contributed by atoms with E-state index in [1.165, 1.54) is 0 Å². The Bertz CT molecular complexity index is 1250. The van der Waals surface area contributed by atoms with E-state index in [-0.39, 0.29) is 11.5 Å². The molecule has 1 aliphatic rings. The lowest BCUT2D eigenvalue weighted by atomic mass is 10.1. The smallest absolute Gasteiger partial charge is 0.340 e. The molecule has 0 saturated carbocycles. The van der Waals surface area contributed by atoms with E-state index in [4.69, 9.17) is 14.2 Å². The SMILES string of the molecule is CC(C)(C)OC(=O)c1ccc(Br)cc1NC(=O)c1cc(N2CCOCC2)ccc1OCc1ccccc1. The van der Waals surface area contributed by atoms with Crippen molar-refractivity contribution in [3.05, 3.63) is 87.9 Å². The van der Waals surface area contributed by atoms with Gasteiger partial charge in [-0.05, 0) is 62.7 Å². The summed E-state index contributed by atoms with van der Waals surface area (Å²) in [7, 11) is 0. The first-order valence-electron chi connectivity index (χ1n) is 12.2. The number of morpholine rings is 1. The fraction of sp³-hybridized carbons (Fsp3) is 0.310. The zero-order valence-electron chi connectivity index (χ0n) is 21.3. The molecule has 0 radical (unpaired) electrons. The lowest BCUT2D eigenvalue weighted by Gasteiger charge is -2.29. The number of carbonyl (C=O) groups excluding carboxylic acids is 2. The Labute approximate surface area is 225 Å². The summed E-state index contributed by atoms with van der Waals surface area (Å²) in [6, 6.07) is 20.4. The topological polar surface area (TPSA) is 77.1 Å². The van der Waals surface area contributed by atoms with Gasteiger partial charge >= 0.3 is 5.97 Å². The van der Waals surface area contributed by atoms with Crippen LogP contribution in [-0.4, -0.2) is 43.8 Å². The van der Waals surface area contributed by atoms with Crippen LogP contribution in [0.4, 0.5) is 11.4 Å². The molecule has 3 aromatic rings. The molecule has 7 nitrogen and oxygen atoms in total. The van der Waals surface area contributed by atoms with Crippen LogP contribution in [0.2, 0.25) is 0 Å². The van der Waals surface area contributed by atoms with Gasteiger partial charge in [0.2, 0.25) is 0 Å². The summed E-state index contributed by atoms with van der Waals surface area (Å²) in [5.41, 5.74) is 2.21. The molecule has 1 fully saturated rings. The molecule has 1 N–H and O–H groups in total. The highest BCUT2D eigenvalue weighted by atomic mass is 79.9. The molecule has 1 aliphatic heterocycles. The van der Waals surface area contributed by atoms with Gasteiger partial charge in [-0.3, -0.25) is 4.79 Å². The third-order valence-corrected chi connectivity index (χ3v) is 6.16. The van der Waals surface area contributed by atoms with Gasteiger partial charge in [0, 0.05) is 23.2 Å². The van der Waals surface area contributed by atoms with Gasteiger partial charge < -0.3 is 24.4 Å². The third kappa shape index (κ3) is 7.33. The molecule has 4 rings (SSSR count). The average molecular weight is 567 g/mol. The normalized spacial score (nSPS) is 13.7. The van der Waals surface area contributed by atoms with E-state index in [0.717, 1.165) is 28.8 Å². The van der Waals surface area contributed by atoms with E-state index in [0.29, 0.717) is 36.8 Å². The fourth-order valence-corrected chi connectivity index (χ4v) is 4.26. The Morgan fingerprint density at radius 3 is 2.41 bits per heavy atom. The second kappa shape index (κ2) is 11.8. The average Bonchev–Trinajstić information content (AvgIpc) is 2.87. The van der Waals surface area contributed by atoms with E-state index in [1.54, 1.807) is 39.0 Å². The maximum absolute atomic E-state index is 13.7. The summed E-state index contributed by atoms with van der Waals surface area (Å²) in [6.07, 6.45) is 0. The first kappa shape index (κ1) is 26.7. The van der Waals surface area contributed by atoms with Crippen molar-refractivity contribution in [3.63, 3.8) is 0 Å². The van der Waals surface area contributed by atoms with Gasteiger partial charge in [0.25, 0.3) is 5.91 Å². The summed E-state index contributed by atoms with van der Waals surface area (Å²) in [6.45, 7) is 8.45. The zero-order valence-corrected chi connectivity index (χ0v) is 22.8. The van der Waals surface area contributed by atoms with Crippen LogP contribution in [0.15, 0.2) is 71.2 Å². The van der Waals surface area contributed by atoms with E-state index < -0.39 is 11.6 Å². The second-order valence-electron chi connectivity index (χ2n) is 9.70. The molecular weight excluding hydrogens is 536 g/mol. The first-order valence-corrected chi connectivity index (χ1v) is 13.0. The second-order valence-corrected chi connectivity index (χ2v) is 10.6. The predicted octanol–water partition coefficient (Wildman–Crippen LogP) is 6.07. The highest BCUT2D eigenvalue weighted by Crippen LogP contribution is 2.30. The highest BCUT2D eigenvalue weighted by Gasteiger charge is 2.23. The van der Waals surface area contributed by atoms with Gasteiger partial charge in [0.1, 0.15) is 18.0 Å². The Kier molecular flexibility index (Phi) is 8.51. The number of carbonyl (C=O) groups is 2. The summed E-state index contributed by atoms with van der Waals surface area (Å²) in [5, 5.41) is 2.91. The van der Waals surface area contributed by atoms with Crippen LogP contribution in [0.5, 0.6) is 5.75 Å². The largest absolute Gasteiger partial charge is 0.488 e. The van der Waals surface area contributed by atoms with Crippen molar-refractivity contribution < 1.29 is 23.8 Å². The van der Waals surface area contributed by atoms with Gasteiger partial charge in [-0.25, -0.2) is 4.79 Å². The molecule has 3 aromatic carbocycles. The van der Waals surface area contributed by atoms with Crippen molar-refractivity contribution in [2.45, 2.75) is 33.0 Å². The minimum absolute atomic E-state index is 0.266. The molecule has 0 atom stereocenters. The van der Waals surface area contributed by atoms with Crippen LogP contribution in [-0.2, 0) is 16.1 Å². The number of hydrogen-bond donors (Lipinski definition) is 1. The number of nitrogens with zero attached hydrogens (tertiary/aromatic N) is 1. The van der Waals surface area contributed by atoms with Crippen LogP contribution in [0, 0.1) is 0 Å². The molecule has 37 heavy (non-hydrogen) atoms. The van der Waals surface area contributed by atoms with Crippen LogP contribution in [0.3, 0.4) is 0 Å².